The van der Waals surface area contributed by atoms with E-state index in [9.17, 15) is 4.79 Å². The van der Waals surface area contributed by atoms with Gasteiger partial charge >= 0.3 is 5.97 Å². The van der Waals surface area contributed by atoms with Gasteiger partial charge in [-0.15, -0.1) is 0 Å². The van der Waals surface area contributed by atoms with Crippen molar-refractivity contribution in [2.45, 2.75) is 20.0 Å². The van der Waals surface area contributed by atoms with Gasteiger partial charge in [-0.1, -0.05) is 18.2 Å². The number of fused-ring (bicyclic) bond motifs is 3. The normalized spacial score (nSPS) is 11.2. The van der Waals surface area contributed by atoms with Crippen molar-refractivity contribution in [1.29, 1.82) is 0 Å². The van der Waals surface area contributed by atoms with E-state index < -0.39 is 0 Å². The van der Waals surface area contributed by atoms with E-state index in [1.54, 1.807) is 20.3 Å². The molecule has 3 rings (SSSR count). The van der Waals surface area contributed by atoms with Gasteiger partial charge in [0.15, 0.2) is 0 Å². The van der Waals surface area contributed by atoms with Gasteiger partial charge in [0.2, 0.25) is 0 Å². The number of hydrogen-bond donors (Lipinski definition) is 0. The number of hydrogen-bond acceptors (Lipinski definition) is 4. The summed E-state index contributed by atoms with van der Waals surface area (Å²) < 4.78 is 15.8. The first kappa shape index (κ1) is 14.6. The fourth-order valence-corrected chi connectivity index (χ4v) is 2.74. The Bertz CT molecular complexity index is 816. The standard InChI is InChI=1S/C18H18O4/c1-3-21-17(19)9-14-11-22-16-7-5-13-8-12(10-20-2)4-6-15(13)18(14)16/h4-8,11H,3,9-10H2,1-2H3. The first-order valence-corrected chi connectivity index (χ1v) is 7.29. The van der Waals surface area contributed by atoms with Gasteiger partial charge in [-0.25, -0.2) is 0 Å². The van der Waals surface area contributed by atoms with Crippen LogP contribution in [0.5, 0.6) is 0 Å². The Labute approximate surface area is 128 Å². The molecule has 0 aliphatic carbocycles. The zero-order valence-electron chi connectivity index (χ0n) is 12.7. The first-order chi connectivity index (χ1) is 10.7. The summed E-state index contributed by atoms with van der Waals surface area (Å²) in [5.74, 6) is -0.238. The molecule has 0 saturated carbocycles. The molecule has 0 spiro atoms. The third-order valence-electron chi connectivity index (χ3n) is 3.65. The summed E-state index contributed by atoms with van der Waals surface area (Å²) in [5.41, 5.74) is 2.76. The second kappa shape index (κ2) is 6.20. The quantitative estimate of drug-likeness (QED) is 0.672. The van der Waals surface area contributed by atoms with Crippen molar-refractivity contribution in [2.75, 3.05) is 13.7 Å². The maximum atomic E-state index is 11.7. The molecule has 2 aromatic carbocycles. The van der Waals surface area contributed by atoms with Crippen LogP contribution < -0.4 is 0 Å². The van der Waals surface area contributed by atoms with Crippen LogP contribution in [0.25, 0.3) is 21.7 Å². The molecule has 0 amide bonds. The minimum absolute atomic E-state index is 0.222. The summed E-state index contributed by atoms with van der Waals surface area (Å²) in [6, 6.07) is 10.1. The van der Waals surface area contributed by atoms with E-state index in [0.717, 1.165) is 32.9 Å². The van der Waals surface area contributed by atoms with Crippen LogP contribution in [0.2, 0.25) is 0 Å². The van der Waals surface area contributed by atoms with E-state index in [0.29, 0.717) is 13.2 Å². The van der Waals surface area contributed by atoms with Crippen LogP contribution in [0.4, 0.5) is 0 Å². The molecule has 114 valence electrons. The number of rotatable bonds is 5. The second-order valence-corrected chi connectivity index (χ2v) is 5.17. The van der Waals surface area contributed by atoms with Crippen LogP contribution in [-0.4, -0.2) is 19.7 Å². The van der Waals surface area contributed by atoms with Crippen molar-refractivity contribution in [3.63, 3.8) is 0 Å². The lowest BCUT2D eigenvalue weighted by Gasteiger charge is -2.05. The Morgan fingerprint density at radius 2 is 2.09 bits per heavy atom. The lowest BCUT2D eigenvalue weighted by Crippen LogP contribution is -2.06. The summed E-state index contributed by atoms with van der Waals surface area (Å²) in [5, 5.41) is 3.16. The molecular formula is C18H18O4. The molecule has 0 fully saturated rings. The van der Waals surface area contributed by atoms with Gasteiger partial charge in [-0.2, -0.15) is 0 Å². The van der Waals surface area contributed by atoms with Crippen LogP contribution in [0.15, 0.2) is 41.0 Å². The average Bonchev–Trinajstić information content (AvgIpc) is 2.91. The number of esters is 1. The maximum absolute atomic E-state index is 11.7. The SMILES string of the molecule is CCOC(=O)Cc1coc2ccc3cc(COC)ccc3c12. The van der Waals surface area contributed by atoms with Gasteiger partial charge in [-0.05, 0) is 35.4 Å². The molecule has 3 aromatic rings. The van der Waals surface area contributed by atoms with Crippen LogP contribution >= 0.6 is 0 Å². The first-order valence-electron chi connectivity index (χ1n) is 7.29. The Balaban J connectivity index is 2.09. The van der Waals surface area contributed by atoms with Gasteiger partial charge < -0.3 is 13.9 Å². The van der Waals surface area contributed by atoms with Crippen LogP contribution in [0.1, 0.15) is 18.1 Å². The lowest BCUT2D eigenvalue weighted by molar-refractivity contribution is -0.142. The van der Waals surface area contributed by atoms with E-state index in [4.69, 9.17) is 13.9 Å². The van der Waals surface area contributed by atoms with Crippen molar-refractivity contribution in [3.8, 4) is 0 Å². The van der Waals surface area contributed by atoms with E-state index in [1.165, 1.54) is 0 Å². The highest BCUT2D eigenvalue weighted by atomic mass is 16.5. The predicted octanol–water partition coefficient (Wildman–Crippen LogP) is 3.84. The van der Waals surface area contributed by atoms with Crippen molar-refractivity contribution in [1.82, 2.24) is 0 Å². The summed E-state index contributed by atoms with van der Waals surface area (Å²) in [7, 11) is 1.68. The molecule has 0 atom stereocenters. The Morgan fingerprint density at radius 3 is 2.86 bits per heavy atom. The van der Waals surface area contributed by atoms with Crippen molar-refractivity contribution >= 4 is 27.7 Å². The molecule has 0 saturated heterocycles. The molecular weight excluding hydrogens is 280 g/mol. The summed E-state index contributed by atoms with van der Waals surface area (Å²) >= 11 is 0. The molecule has 22 heavy (non-hydrogen) atoms. The van der Waals surface area contributed by atoms with Gasteiger partial charge in [0, 0.05) is 18.1 Å². The molecule has 0 aliphatic heterocycles. The maximum Gasteiger partial charge on any atom is 0.310 e. The lowest BCUT2D eigenvalue weighted by atomic mass is 10.0. The van der Waals surface area contributed by atoms with E-state index in [2.05, 4.69) is 12.1 Å². The van der Waals surface area contributed by atoms with Gasteiger partial charge in [0.25, 0.3) is 0 Å². The summed E-state index contributed by atoms with van der Waals surface area (Å²) in [4.78, 5) is 11.7. The molecule has 4 nitrogen and oxygen atoms in total. The minimum Gasteiger partial charge on any atom is -0.466 e. The second-order valence-electron chi connectivity index (χ2n) is 5.17. The Hall–Kier alpha value is -2.33. The zero-order valence-corrected chi connectivity index (χ0v) is 12.7. The van der Waals surface area contributed by atoms with Crippen LogP contribution in [-0.2, 0) is 27.3 Å². The van der Waals surface area contributed by atoms with Gasteiger partial charge in [0.05, 0.1) is 25.9 Å². The summed E-state index contributed by atoms with van der Waals surface area (Å²) in [6.45, 7) is 2.77. The molecule has 4 heteroatoms. The highest BCUT2D eigenvalue weighted by Gasteiger charge is 2.14. The molecule has 0 unspecified atom stereocenters. The number of furan rings is 1. The Kier molecular flexibility index (Phi) is 4.11. The fraction of sp³-hybridized carbons (Fsp3) is 0.278. The highest BCUT2D eigenvalue weighted by Crippen LogP contribution is 2.31. The number of carbonyl (C=O) groups is 1. The topological polar surface area (TPSA) is 48.7 Å². The molecule has 0 radical (unpaired) electrons. The average molecular weight is 298 g/mol. The molecule has 0 bridgehead atoms. The highest BCUT2D eigenvalue weighted by molar-refractivity contribution is 6.08. The van der Waals surface area contributed by atoms with Gasteiger partial charge in [0.1, 0.15) is 5.58 Å². The van der Waals surface area contributed by atoms with Crippen LogP contribution in [0.3, 0.4) is 0 Å². The van der Waals surface area contributed by atoms with Crippen molar-refractivity contribution in [3.05, 3.63) is 47.7 Å². The monoisotopic (exact) mass is 298 g/mol. The predicted molar refractivity (Wildman–Crippen MR) is 84.8 cm³/mol. The number of methoxy groups -OCH3 is 1. The van der Waals surface area contributed by atoms with Crippen molar-refractivity contribution < 1.29 is 18.7 Å². The fourth-order valence-electron chi connectivity index (χ4n) is 2.74. The summed E-state index contributed by atoms with van der Waals surface area (Å²) in [6.07, 6.45) is 1.86. The molecule has 0 aliphatic rings. The van der Waals surface area contributed by atoms with E-state index >= 15 is 0 Å². The number of ether oxygens (including phenoxy) is 2. The van der Waals surface area contributed by atoms with Crippen molar-refractivity contribution in [2.24, 2.45) is 0 Å². The van der Waals surface area contributed by atoms with Crippen LogP contribution in [0, 0.1) is 0 Å². The number of benzene rings is 2. The third-order valence-corrected chi connectivity index (χ3v) is 3.65. The number of carbonyl (C=O) groups excluding carboxylic acids is 1. The largest absolute Gasteiger partial charge is 0.466 e. The Morgan fingerprint density at radius 1 is 1.23 bits per heavy atom. The molecule has 1 heterocycles. The minimum atomic E-state index is -0.238. The zero-order chi connectivity index (χ0) is 15.5. The van der Waals surface area contributed by atoms with E-state index in [-0.39, 0.29) is 12.4 Å². The molecule has 1 aromatic heterocycles. The third kappa shape index (κ3) is 2.70. The molecule has 0 N–H and O–H groups in total. The van der Waals surface area contributed by atoms with Gasteiger partial charge in [-0.3, -0.25) is 4.79 Å². The van der Waals surface area contributed by atoms with E-state index in [1.807, 2.05) is 18.2 Å². The smallest absolute Gasteiger partial charge is 0.310 e.